The summed E-state index contributed by atoms with van der Waals surface area (Å²) in [6.45, 7) is 4.71. The second-order valence-corrected chi connectivity index (χ2v) is 5.43. The first kappa shape index (κ1) is 15.0. The van der Waals surface area contributed by atoms with Gasteiger partial charge in [0.15, 0.2) is 0 Å². The van der Waals surface area contributed by atoms with Crippen LogP contribution in [0.15, 0.2) is 30.3 Å². The number of benzene rings is 1. The van der Waals surface area contributed by atoms with Gasteiger partial charge in [0.2, 0.25) is 0 Å². The van der Waals surface area contributed by atoms with Crippen LogP contribution in [0.4, 0.5) is 0 Å². The third kappa shape index (κ3) is 4.05. The molecule has 3 atom stereocenters. The third-order valence-corrected chi connectivity index (χ3v) is 3.90. The predicted octanol–water partition coefficient (Wildman–Crippen LogP) is 0.578. The van der Waals surface area contributed by atoms with Gasteiger partial charge >= 0.3 is 5.97 Å². The van der Waals surface area contributed by atoms with Gasteiger partial charge in [0.05, 0.1) is 19.7 Å². The third-order valence-electron chi connectivity index (χ3n) is 3.90. The fourth-order valence-corrected chi connectivity index (χ4v) is 2.86. The monoisotopic (exact) mass is 278 g/mol. The highest BCUT2D eigenvalue weighted by atomic mass is 16.5. The van der Waals surface area contributed by atoms with Crippen LogP contribution in [0, 0.1) is 5.92 Å². The van der Waals surface area contributed by atoms with Gasteiger partial charge in [-0.15, -0.1) is 0 Å². The van der Waals surface area contributed by atoms with E-state index >= 15 is 0 Å². The molecule has 1 aliphatic heterocycles. The molecule has 1 aromatic carbocycles. The number of aliphatic hydroxyl groups excluding tert-OH is 1. The number of rotatable bonds is 5. The van der Waals surface area contributed by atoms with Gasteiger partial charge in [-0.05, 0) is 25.3 Å². The smallest absolute Gasteiger partial charge is 0.314 e. The van der Waals surface area contributed by atoms with Crippen molar-refractivity contribution in [2.75, 3.05) is 26.2 Å². The minimum Gasteiger partial charge on any atom is -0.466 e. The van der Waals surface area contributed by atoms with Crippen LogP contribution < -0.4 is 4.90 Å². The van der Waals surface area contributed by atoms with E-state index in [-0.39, 0.29) is 11.9 Å². The number of carbonyl (C=O) groups is 1. The fraction of sp³-hybridized carbons (Fsp3) is 0.562. The molecule has 0 aromatic heterocycles. The normalized spacial score (nSPS) is 24.1. The summed E-state index contributed by atoms with van der Waals surface area (Å²) < 4.78 is 5.10. The second-order valence-electron chi connectivity index (χ2n) is 5.43. The number of aliphatic hydroxyl groups is 1. The number of nitrogens with one attached hydrogen (secondary N) is 1. The maximum atomic E-state index is 11.8. The van der Waals surface area contributed by atoms with Gasteiger partial charge in [-0.3, -0.25) is 4.79 Å². The molecule has 110 valence electrons. The van der Waals surface area contributed by atoms with E-state index in [1.54, 1.807) is 0 Å². The summed E-state index contributed by atoms with van der Waals surface area (Å²) in [6, 6.07) is 9.70. The summed E-state index contributed by atoms with van der Waals surface area (Å²) in [5, 5.41) is 10.3. The summed E-state index contributed by atoms with van der Waals surface area (Å²) >= 11 is 0. The summed E-state index contributed by atoms with van der Waals surface area (Å²) in [5.74, 6) is -0.0967. The highest BCUT2D eigenvalue weighted by Gasteiger charge is 2.30. The molecular formula is C16H24NO3+. The number of carbonyl (C=O) groups excluding carboxylic acids is 1. The van der Waals surface area contributed by atoms with E-state index in [2.05, 4.69) is 0 Å². The SMILES string of the molecule is CCOC(=O)[C@H]1CCC[NH+](C[C@H](O)c2ccccc2)C1. The van der Waals surface area contributed by atoms with Crippen LogP contribution >= 0.6 is 0 Å². The largest absolute Gasteiger partial charge is 0.466 e. The van der Waals surface area contributed by atoms with Crippen LogP contribution in [0.1, 0.15) is 31.4 Å². The molecule has 2 N–H and O–H groups in total. The quantitative estimate of drug-likeness (QED) is 0.775. The van der Waals surface area contributed by atoms with Crippen LogP contribution in [0.5, 0.6) is 0 Å². The van der Waals surface area contributed by atoms with Gasteiger partial charge in [-0.1, -0.05) is 30.3 Å². The van der Waals surface area contributed by atoms with Crippen LogP contribution in [-0.4, -0.2) is 37.3 Å². The van der Waals surface area contributed by atoms with E-state index in [4.69, 9.17) is 4.74 Å². The van der Waals surface area contributed by atoms with Gasteiger partial charge in [0, 0.05) is 0 Å². The van der Waals surface area contributed by atoms with Crippen molar-refractivity contribution in [2.24, 2.45) is 5.92 Å². The van der Waals surface area contributed by atoms with E-state index < -0.39 is 6.10 Å². The van der Waals surface area contributed by atoms with Crippen LogP contribution in [0.25, 0.3) is 0 Å². The molecule has 0 bridgehead atoms. The Kier molecular flexibility index (Phi) is 5.56. The first-order valence-electron chi connectivity index (χ1n) is 7.44. The van der Waals surface area contributed by atoms with Gasteiger partial charge < -0.3 is 14.7 Å². The molecule has 1 aliphatic rings. The topological polar surface area (TPSA) is 51.0 Å². The number of hydrogen-bond acceptors (Lipinski definition) is 3. The molecule has 1 aromatic rings. The number of quaternary nitrogens is 1. The standard InChI is InChI=1S/C16H23NO3/c1-2-20-16(19)14-9-6-10-17(11-14)12-15(18)13-7-4-3-5-8-13/h3-5,7-8,14-15,18H,2,6,9-12H2,1H3/p+1/t14-,15-/m0/s1. The summed E-state index contributed by atoms with van der Waals surface area (Å²) in [6.07, 6.45) is 1.46. The lowest BCUT2D eigenvalue weighted by Gasteiger charge is -2.30. The van der Waals surface area contributed by atoms with Crippen LogP contribution in [-0.2, 0) is 9.53 Å². The summed E-state index contributed by atoms with van der Waals surface area (Å²) in [7, 11) is 0. The van der Waals surface area contributed by atoms with Gasteiger partial charge in [-0.25, -0.2) is 0 Å². The number of hydrogen-bond donors (Lipinski definition) is 2. The molecule has 0 spiro atoms. The lowest BCUT2D eigenvalue weighted by Crippen LogP contribution is -3.14. The first-order chi connectivity index (χ1) is 9.70. The van der Waals surface area contributed by atoms with E-state index in [9.17, 15) is 9.90 Å². The molecule has 1 saturated heterocycles. The molecule has 0 saturated carbocycles. The van der Waals surface area contributed by atoms with Gasteiger partial charge in [-0.2, -0.15) is 0 Å². The van der Waals surface area contributed by atoms with Crippen molar-refractivity contribution < 1.29 is 19.5 Å². The van der Waals surface area contributed by atoms with Crippen molar-refractivity contribution >= 4 is 5.97 Å². The lowest BCUT2D eigenvalue weighted by molar-refractivity contribution is -0.911. The van der Waals surface area contributed by atoms with Crippen molar-refractivity contribution in [2.45, 2.75) is 25.9 Å². The van der Waals surface area contributed by atoms with Crippen molar-refractivity contribution in [1.29, 1.82) is 0 Å². The van der Waals surface area contributed by atoms with Crippen molar-refractivity contribution in [3.63, 3.8) is 0 Å². The number of ether oxygens (including phenoxy) is 1. The number of piperidine rings is 1. The number of likely N-dealkylation sites (tertiary alicyclic amines) is 1. The number of esters is 1. The van der Waals surface area contributed by atoms with E-state index in [0.717, 1.165) is 31.5 Å². The summed E-state index contributed by atoms with van der Waals surface area (Å²) in [5.41, 5.74) is 0.943. The van der Waals surface area contributed by atoms with E-state index in [1.165, 1.54) is 4.90 Å². The molecule has 20 heavy (non-hydrogen) atoms. The Labute approximate surface area is 120 Å². The van der Waals surface area contributed by atoms with Crippen molar-refractivity contribution in [3.05, 3.63) is 35.9 Å². The highest BCUT2D eigenvalue weighted by Crippen LogP contribution is 2.12. The average Bonchev–Trinajstić information content (AvgIpc) is 2.48. The Morgan fingerprint density at radius 3 is 2.90 bits per heavy atom. The maximum Gasteiger partial charge on any atom is 0.314 e. The molecule has 1 unspecified atom stereocenters. The van der Waals surface area contributed by atoms with Crippen LogP contribution in [0.2, 0.25) is 0 Å². The Hall–Kier alpha value is -1.39. The minimum atomic E-state index is -0.466. The Balaban J connectivity index is 1.88. The molecule has 0 radical (unpaired) electrons. The minimum absolute atomic E-state index is 0.0123. The Morgan fingerprint density at radius 1 is 1.45 bits per heavy atom. The second kappa shape index (κ2) is 7.41. The zero-order valence-electron chi connectivity index (χ0n) is 12.0. The van der Waals surface area contributed by atoms with Gasteiger partial charge in [0.1, 0.15) is 18.6 Å². The molecule has 2 rings (SSSR count). The molecule has 0 aliphatic carbocycles. The molecule has 0 amide bonds. The molecule has 4 nitrogen and oxygen atoms in total. The zero-order valence-corrected chi connectivity index (χ0v) is 12.0. The summed E-state index contributed by atoms with van der Waals surface area (Å²) in [4.78, 5) is 13.1. The molecule has 1 fully saturated rings. The van der Waals surface area contributed by atoms with Crippen LogP contribution in [0.3, 0.4) is 0 Å². The Morgan fingerprint density at radius 2 is 2.20 bits per heavy atom. The molecule has 4 heteroatoms. The van der Waals surface area contributed by atoms with Crippen molar-refractivity contribution in [1.82, 2.24) is 0 Å². The lowest BCUT2D eigenvalue weighted by atomic mass is 9.97. The molecule has 1 heterocycles. The van der Waals surface area contributed by atoms with E-state index in [0.29, 0.717) is 13.2 Å². The average molecular weight is 278 g/mol. The fourth-order valence-electron chi connectivity index (χ4n) is 2.86. The zero-order chi connectivity index (χ0) is 14.4. The first-order valence-corrected chi connectivity index (χ1v) is 7.44. The molecular weight excluding hydrogens is 254 g/mol. The predicted molar refractivity (Wildman–Crippen MR) is 76.3 cm³/mol. The van der Waals surface area contributed by atoms with E-state index in [1.807, 2.05) is 37.3 Å². The maximum absolute atomic E-state index is 11.8. The van der Waals surface area contributed by atoms with Gasteiger partial charge in [0.25, 0.3) is 0 Å². The highest BCUT2D eigenvalue weighted by molar-refractivity contribution is 5.72. The Bertz CT molecular complexity index is 421. The van der Waals surface area contributed by atoms with Crippen molar-refractivity contribution in [3.8, 4) is 0 Å².